The highest BCUT2D eigenvalue weighted by atomic mass is 16.5. The van der Waals surface area contributed by atoms with Gasteiger partial charge in [0.15, 0.2) is 0 Å². The molecule has 0 bridgehead atoms. The van der Waals surface area contributed by atoms with Gasteiger partial charge in [0.1, 0.15) is 23.0 Å². The van der Waals surface area contributed by atoms with Gasteiger partial charge in [-0.25, -0.2) is 9.59 Å². The van der Waals surface area contributed by atoms with E-state index in [1.54, 1.807) is 48.5 Å². The topological polar surface area (TPSA) is 124 Å². The number of hydrogen-bond acceptors (Lipinski definition) is 10. The first-order chi connectivity index (χ1) is 23.4. The Morgan fingerprint density at radius 2 is 0.812 bits per heavy atom. The van der Waals surface area contributed by atoms with Crippen LogP contribution in [0.2, 0.25) is 0 Å². The normalized spacial score (nSPS) is 15.4. The highest BCUT2D eigenvalue weighted by molar-refractivity contribution is 5.81. The third-order valence-electron chi connectivity index (χ3n) is 7.91. The predicted molar refractivity (Wildman–Crippen MR) is 180 cm³/mol. The smallest absolute Gasteiger partial charge is 0.330 e. The zero-order chi connectivity index (χ0) is 34.4. The zero-order valence-electron chi connectivity index (χ0n) is 27.7. The van der Waals surface area contributed by atoms with Crippen molar-refractivity contribution in [3.63, 3.8) is 0 Å². The quantitative estimate of drug-likeness (QED) is 0.0547. The molecule has 0 saturated heterocycles. The molecular formula is C38H48O10. The van der Waals surface area contributed by atoms with Crippen LogP contribution in [0, 0.1) is 11.8 Å². The molecule has 0 radical (unpaired) electrons. The molecule has 0 unspecified atom stereocenters. The van der Waals surface area contributed by atoms with Crippen LogP contribution < -0.4 is 18.9 Å². The van der Waals surface area contributed by atoms with E-state index in [1.165, 1.54) is 0 Å². The molecule has 0 heterocycles. The number of carbonyl (C=O) groups excluding carboxylic acids is 4. The Balaban J connectivity index is 1.25. The second kappa shape index (κ2) is 22.1. The van der Waals surface area contributed by atoms with E-state index in [4.69, 9.17) is 28.4 Å². The lowest BCUT2D eigenvalue weighted by Crippen LogP contribution is -2.30. The third kappa shape index (κ3) is 14.9. The van der Waals surface area contributed by atoms with Crippen LogP contribution in [0.25, 0.3) is 0 Å². The van der Waals surface area contributed by atoms with Crippen LogP contribution >= 0.6 is 0 Å². The Bertz CT molecular complexity index is 1190. The number of esters is 4. The van der Waals surface area contributed by atoms with Gasteiger partial charge in [0, 0.05) is 12.2 Å². The average Bonchev–Trinajstić information content (AvgIpc) is 3.11. The van der Waals surface area contributed by atoms with Crippen LogP contribution in [0.1, 0.15) is 77.0 Å². The first-order valence-electron chi connectivity index (χ1n) is 16.9. The van der Waals surface area contributed by atoms with Gasteiger partial charge in [0.25, 0.3) is 0 Å². The Labute approximate surface area is 283 Å². The largest absolute Gasteiger partial charge is 0.494 e. The van der Waals surface area contributed by atoms with Crippen molar-refractivity contribution in [2.75, 3.05) is 26.4 Å². The highest BCUT2D eigenvalue weighted by Crippen LogP contribution is 2.32. The van der Waals surface area contributed by atoms with E-state index in [0.717, 1.165) is 63.5 Å². The van der Waals surface area contributed by atoms with E-state index in [9.17, 15) is 19.2 Å². The van der Waals surface area contributed by atoms with Crippen LogP contribution in [0.5, 0.6) is 23.0 Å². The van der Waals surface area contributed by atoms with Crippen molar-refractivity contribution in [2.45, 2.75) is 77.0 Å². The number of rotatable bonds is 22. The number of hydrogen-bond donors (Lipinski definition) is 0. The summed E-state index contributed by atoms with van der Waals surface area (Å²) in [5.74, 6) is 0.401. The van der Waals surface area contributed by atoms with E-state index in [-0.39, 0.29) is 23.8 Å². The summed E-state index contributed by atoms with van der Waals surface area (Å²) in [6.07, 6.45) is 11.7. The summed E-state index contributed by atoms with van der Waals surface area (Å²) in [6.45, 7) is 8.66. The monoisotopic (exact) mass is 664 g/mol. The van der Waals surface area contributed by atoms with Crippen molar-refractivity contribution < 1.29 is 47.6 Å². The van der Waals surface area contributed by atoms with Crippen LogP contribution in [0.3, 0.4) is 0 Å². The number of ether oxygens (including phenoxy) is 6. The molecule has 0 N–H and O–H groups in total. The maximum absolute atomic E-state index is 12.8. The molecule has 1 aliphatic carbocycles. The van der Waals surface area contributed by atoms with Gasteiger partial charge in [0.05, 0.1) is 38.3 Å². The van der Waals surface area contributed by atoms with Gasteiger partial charge < -0.3 is 28.4 Å². The Hall–Kier alpha value is -4.60. The second-order valence-electron chi connectivity index (χ2n) is 11.6. The molecule has 0 aliphatic heterocycles. The minimum atomic E-state index is -0.396. The highest BCUT2D eigenvalue weighted by Gasteiger charge is 2.32. The summed E-state index contributed by atoms with van der Waals surface area (Å²) in [5, 5.41) is 0. The van der Waals surface area contributed by atoms with Crippen LogP contribution in [-0.2, 0) is 28.7 Å². The van der Waals surface area contributed by atoms with Crippen molar-refractivity contribution in [3.8, 4) is 23.0 Å². The van der Waals surface area contributed by atoms with E-state index in [2.05, 4.69) is 13.2 Å². The fraction of sp³-hybridized carbons (Fsp3) is 0.474. The molecule has 0 spiro atoms. The molecule has 48 heavy (non-hydrogen) atoms. The Kier molecular flexibility index (Phi) is 17.4. The molecule has 10 heteroatoms. The standard InChI is InChI=1S/C38H48O10/c1-3-35(39)45-27-11-7-5-9-25-43-31-17-21-33(22-18-31)47-37(41)29-13-15-30(16-14-29)38(42)48-34-23-19-32(20-24-34)44-26-10-6-8-12-28-46-36(40)4-2/h3-4,17-24,29-30H,1-2,5-16,25-28H2. The molecule has 0 atom stereocenters. The summed E-state index contributed by atoms with van der Waals surface area (Å²) in [7, 11) is 0. The molecular weight excluding hydrogens is 616 g/mol. The van der Waals surface area contributed by atoms with Gasteiger partial charge in [-0.15, -0.1) is 0 Å². The number of benzene rings is 2. The van der Waals surface area contributed by atoms with Gasteiger partial charge in [-0.3, -0.25) is 9.59 Å². The fourth-order valence-corrected chi connectivity index (χ4v) is 5.13. The Morgan fingerprint density at radius 3 is 1.15 bits per heavy atom. The second-order valence-corrected chi connectivity index (χ2v) is 11.6. The molecule has 260 valence electrons. The molecule has 3 rings (SSSR count). The maximum Gasteiger partial charge on any atom is 0.330 e. The predicted octanol–water partition coefficient (Wildman–Crippen LogP) is 7.34. The minimum absolute atomic E-state index is 0.267. The molecule has 10 nitrogen and oxygen atoms in total. The molecule has 2 aromatic rings. The maximum atomic E-state index is 12.8. The first kappa shape index (κ1) is 37.9. The van der Waals surface area contributed by atoms with E-state index in [0.29, 0.717) is 75.1 Å². The first-order valence-corrected chi connectivity index (χ1v) is 16.9. The molecule has 0 aromatic heterocycles. The fourth-order valence-electron chi connectivity index (χ4n) is 5.13. The van der Waals surface area contributed by atoms with Gasteiger partial charge in [-0.05, 0) is 126 Å². The number of carbonyl (C=O) groups is 4. The SMILES string of the molecule is C=CC(=O)OCCCCCCOc1ccc(OC(=O)C2CCC(C(=O)Oc3ccc(OCCCCCCOC(=O)C=C)cc3)CC2)cc1. The van der Waals surface area contributed by atoms with Crippen LogP contribution in [-0.4, -0.2) is 50.3 Å². The van der Waals surface area contributed by atoms with Gasteiger partial charge >= 0.3 is 23.9 Å². The zero-order valence-corrected chi connectivity index (χ0v) is 27.7. The van der Waals surface area contributed by atoms with Crippen molar-refractivity contribution in [3.05, 3.63) is 73.8 Å². The van der Waals surface area contributed by atoms with Crippen molar-refractivity contribution in [1.82, 2.24) is 0 Å². The van der Waals surface area contributed by atoms with Gasteiger partial charge in [0.2, 0.25) is 0 Å². The van der Waals surface area contributed by atoms with E-state index in [1.807, 2.05) is 0 Å². The lowest BCUT2D eigenvalue weighted by atomic mass is 9.82. The lowest BCUT2D eigenvalue weighted by molar-refractivity contribution is -0.145. The summed E-state index contributed by atoms with van der Waals surface area (Å²) in [5.41, 5.74) is 0. The molecule has 1 aliphatic rings. The van der Waals surface area contributed by atoms with Crippen molar-refractivity contribution in [2.24, 2.45) is 11.8 Å². The van der Waals surface area contributed by atoms with Gasteiger partial charge in [-0.1, -0.05) is 13.2 Å². The molecule has 1 fully saturated rings. The molecule has 1 saturated carbocycles. The third-order valence-corrected chi connectivity index (χ3v) is 7.91. The van der Waals surface area contributed by atoms with E-state index < -0.39 is 11.9 Å². The minimum Gasteiger partial charge on any atom is -0.494 e. The summed E-state index contributed by atoms with van der Waals surface area (Å²) in [6, 6.07) is 14.0. The Morgan fingerprint density at radius 1 is 0.500 bits per heavy atom. The molecule has 2 aromatic carbocycles. The number of unbranched alkanes of at least 4 members (excludes halogenated alkanes) is 6. The van der Waals surface area contributed by atoms with Crippen molar-refractivity contribution in [1.29, 1.82) is 0 Å². The van der Waals surface area contributed by atoms with E-state index >= 15 is 0 Å². The van der Waals surface area contributed by atoms with Crippen LogP contribution in [0.4, 0.5) is 0 Å². The molecule has 0 amide bonds. The lowest BCUT2D eigenvalue weighted by Gasteiger charge is -2.25. The average molecular weight is 665 g/mol. The summed E-state index contributed by atoms with van der Waals surface area (Å²) >= 11 is 0. The summed E-state index contributed by atoms with van der Waals surface area (Å²) in [4.78, 5) is 47.6. The van der Waals surface area contributed by atoms with Crippen molar-refractivity contribution >= 4 is 23.9 Å². The summed E-state index contributed by atoms with van der Waals surface area (Å²) < 4.78 is 32.6. The van der Waals surface area contributed by atoms with Gasteiger partial charge in [-0.2, -0.15) is 0 Å². The van der Waals surface area contributed by atoms with Crippen LogP contribution in [0.15, 0.2) is 73.8 Å².